The van der Waals surface area contributed by atoms with Crippen LogP contribution in [0.1, 0.15) is 6.92 Å². The molecule has 0 unspecified atom stereocenters. The molecule has 0 spiro atoms. The van der Waals surface area contributed by atoms with Crippen LogP contribution in [0, 0.1) is 0 Å². The molecule has 0 aliphatic rings. The molecular formula is C6H16N2O2S. The Morgan fingerprint density at radius 2 is 2.00 bits per heavy atom. The highest BCUT2D eigenvalue weighted by atomic mass is 32.2. The van der Waals surface area contributed by atoms with E-state index in [1.165, 1.54) is 10.6 Å². The average Bonchev–Trinajstić information content (AvgIpc) is 1.86. The normalized spacial score (nSPS) is 12.4. The van der Waals surface area contributed by atoms with E-state index in [2.05, 4.69) is 5.32 Å². The van der Waals surface area contributed by atoms with Crippen LogP contribution >= 0.6 is 0 Å². The summed E-state index contributed by atoms with van der Waals surface area (Å²) in [5.74, 6) is 0. The maximum absolute atomic E-state index is 10.8. The van der Waals surface area contributed by atoms with Gasteiger partial charge in [0.15, 0.2) is 0 Å². The molecular weight excluding hydrogens is 164 g/mol. The minimum absolute atomic E-state index is 0.534. The van der Waals surface area contributed by atoms with Crippen LogP contribution < -0.4 is 5.32 Å². The van der Waals surface area contributed by atoms with Crippen molar-refractivity contribution in [3.8, 4) is 0 Å². The number of nitrogens with zero attached hydrogens (tertiary/aromatic N) is 1. The van der Waals surface area contributed by atoms with Crippen LogP contribution in [0.5, 0.6) is 0 Å². The van der Waals surface area contributed by atoms with Gasteiger partial charge in [-0.1, -0.05) is 6.92 Å². The smallest absolute Gasteiger partial charge is 0.210 e. The molecule has 0 fully saturated rings. The van der Waals surface area contributed by atoms with Gasteiger partial charge in [0, 0.05) is 20.1 Å². The lowest BCUT2D eigenvalue weighted by Crippen LogP contribution is -2.32. The zero-order valence-electron chi connectivity index (χ0n) is 7.29. The summed E-state index contributed by atoms with van der Waals surface area (Å²) in [7, 11) is -1.41. The molecule has 4 nitrogen and oxygen atoms in total. The SMILES string of the molecule is CCNCCN(C)S(C)(=O)=O. The molecule has 0 rings (SSSR count). The Morgan fingerprint density at radius 3 is 2.36 bits per heavy atom. The van der Waals surface area contributed by atoms with Crippen molar-refractivity contribution in [2.75, 3.05) is 32.9 Å². The fourth-order valence-corrected chi connectivity index (χ4v) is 1.00. The Bertz CT molecular complexity index is 189. The summed E-state index contributed by atoms with van der Waals surface area (Å²) in [5.41, 5.74) is 0. The van der Waals surface area contributed by atoms with E-state index >= 15 is 0 Å². The topological polar surface area (TPSA) is 49.4 Å². The van der Waals surface area contributed by atoms with Gasteiger partial charge in [-0.3, -0.25) is 0 Å². The van der Waals surface area contributed by atoms with Gasteiger partial charge >= 0.3 is 0 Å². The van der Waals surface area contributed by atoms with E-state index in [0.717, 1.165) is 6.54 Å². The first kappa shape index (κ1) is 10.9. The fourth-order valence-electron chi connectivity index (χ4n) is 0.579. The quantitative estimate of drug-likeness (QED) is 0.580. The number of likely N-dealkylation sites (N-methyl/N-ethyl adjacent to an activating group) is 2. The molecule has 0 aliphatic heterocycles. The minimum atomic E-state index is -2.99. The van der Waals surface area contributed by atoms with Crippen molar-refractivity contribution < 1.29 is 8.42 Å². The third-order valence-corrected chi connectivity index (χ3v) is 2.73. The highest BCUT2D eigenvalue weighted by molar-refractivity contribution is 7.88. The van der Waals surface area contributed by atoms with Gasteiger partial charge in [0.25, 0.3) is 0 Å². The highest BCUT2D eigenvalue weighted by Crippen LogP contribution is 1.89. The third-order valence-electron chi connectivity index (χ3n) is 1.42. The van der Waals surface area contributed by atoms with E-state index in [0.29, 0.717) is 13.1 Å². The molecule has 0 amide bonds. The highest BCUT2D eigenvalue weighted by Gasteiger charge is 2.08. The molecule has 0 saturated carbocycles. The number of hydrogen-bond acceptors (Lipinski definition) is 3. The molecule has 0 aliphatic carbocycles. The summed E-state index contributed by atoms with van der Waals surface area (Å²) in [6.07, 6.45) is 1.21. The van der Waals surface area contributed by atoms with Crippen LogP contribution in [0.3, 0.4) is 0 Å². The monoisotopic (exact) mass is 180 g/mol. The van der Waals surface area contributed by atoms with E-state index in [9.17, 15) is 8.42 Å². The maximum Gasteiger partial charge on any atom is 0.210 e. The van der Waals surface area contributed by atoms with Gasteiger partial charge in [-0.05, 0) is 6.54 Å². The molecule has 11 heavy (non-hydrogen) atoms. The van der Waals surface area contributed by atoms with Crippen LogP contribution in [-0.4, -0.2) is 45.7 Å². The van der Waals surface area contributed by atoms with Crippen molar-refractivity contribution in [2.45, 2.75) is 6.92 Å². The van der Waals surface area contributed by atoms with Crippen molar-refractivity contribution in [3.05, 3.63) is 0 Å². The largest absolute Gasteiger partial charge is 0.316 e. The van der Waals surface area contributed by atoms with Gasteiger partial charge < -0.3 is 5.32 Å². The summed E-state index contributed by atoms with van der Waals surface area (Å²) in [6.45, 7) is 4.10. The Hall–Kier alpha value is -0.130. The summed E-state index contributed by atoms with van der Waals surface area (Å²) in [4.78, 5) is 0. The third kappa shape index (κ3) is 5.17. The molecule has 0 aromatic rings. The Balaban J connectivity index is 3.62. The van der Waals surface area contributed by atoms with Crippen molar-refractivity contribution in [3.63, 3.8) is 0 Å². The van der Waals surface area contributed by atoms with Gasteiger partial charge in [0.1, 0.15) is 0 Å². The van der Waals surface area contributed by atoms with Gasteiger partial charge in [-0.25, -0.2) is 12.7 Å². The predicted molar refractivity (Wildman–Crippen MR) is 46.0 cm³/mol. The molecule has 68 valence electrons. The van der Waals surface area contributed by atoms with E-state index in [4.69, 9.17) is 0 Å². The van der Waals surface area contributed by atoms with Crippen LogP contribution in [0.15, 0.2) is 0 Å². The van der Waals surface area contributed by atoms with Crippen molar-refractivity contribution >= 4 is 10.0 Å². The number of hydrogen-bond donors (Lipinski definition) is 1. The number of sulfonamides is 1. The first-order valence-electron chi connectivity index (χ1n) is 3.60. The second kappa shape index (κ2) is 4.69. The molecule has 0 radical (unpaired) electrons. The standard InChI is InChI=1S/C6H16N2O2S/c1-4-7-5-6-8(2)11(3,9)10/h7H,4-6H2,1-3H3. The summed E-state index contributed by atoms with van der Waals surface area (Å²) in [5, 5.41) is 3.05. The van der Waals surface area contributed by atoms with Crippen LogP contribution in [0.4, 0.5) is 0 Å². The number of nitrogens with one attached hydrogen (secondary N) is 1. The molecule has 0 atom stereocenters. The van der Waals surface area contributed by atoms with E-state index < -0.39 is 10.0 Å². The first-order chi connectivity index (χ1) is 4.98. The van der Waals surface area contributed by atoms with Gasteiger partial charge in [-0.2, -0.15) is 0 Å². The predicted octanol–water partition coefficient (Wildman–Crippen LogP) is -0.513. The zero-order chi connectivity index (χ0) is 8.91. The van der Waals surface area contributed by atoms with Crippen molar-refractivity contribution in [2.24, 2.45) is 0 Å². The Morgan fingerprint density at radius 1 is 1.45 bits per heavy atom. The van der Waals surface area contributed by atoms with Gasteiger partial charge in [0.05, 0.1) is 6.26 Å². The molecule has 1 N–H and O–H groups in total. The average molecular weight is 180 g/mol. The van der Waals surface area contributed by atoms with E-state index in [1.807, 2.05) is 6.92 Å². The number of rotatable bonds is 5. The van der Waals surface area contributed by atoms with E-state index in [1.54, 1.807) is 7.05 Å². The van der Waals surface area contributed by atoms with Crippen LogP contribution in [0.25, 0.3) is 0 Å². The second-order valence-corrected chi connectivity index (χ2v) is 4.53. The first-order valence-corrected chi connectivity index (χ1v) is 5.45. The molecule has 0 heterocycles. The van der Waals surface area contributed by atoms with Crippen LogP contribution in [0.2, 0.25) is 0 Å². The molecule has 0 saturated heterocycles. The van der Waals surface area contributed by atoms with Gasteiger partial charge in [0.2, 0.25) is 10.0 Å². The van der Waals surface area contributed by atoms with Gasteiger partial charge in [-0.15, -0.1) is 0 Å². The Labute approximate surface area is 68.6 Å². The Kier molecular flexibility index (Phi) is 4.63. The zero-order valence-corrected chi connectivity index (χ0v) is 8.11. The summed E-state index contributed by atoms with van der Waals surface area (Å²) in [6, 6.07) is 0. The fraction of sp³-hybridized carbons (Fsp3) is 1.00. The lowest BCUT2D eigenvalue weighted by molar-refractivity contribution is 0.466. The lowest BCUT2D eigenvalue weighted by atomic mass is 10.6. The van der Waals surface area contributed by atoms with Crippen molar-refractivity contribution in [1.82, 2.24) is 9.62 Å². The lowest BCUT2D eigenvalue weighted by Gasteiger charge is -2.13. The van der Waals surface area contributed by atoms with E-state index in [-0.39, 0.29) is 0 Å². The van der Waals surface area contributed by atoms with Crippen molar-refractivity contribution in [1.29, 1.82) is 0 Å². The molecule has 5 heteroatoms. The second-order valence-electron chi connectivity index (χ2n) is 2.44. The summed E-state index contributed by atoms with van der Waals surface area (Å²) >= 11 is 0. The van der Waals surface area contributed by atoms with Crippen LogP contribution in [-0.2, 0) is 10.0 Å². The molecule has 0 bridgehead atoms. The summed E-state index contributed by atoms with van der Waals surface area (Å²) < 4.78 is 23.0. The maximum atomic E-state index is 10.8. The molecule has 0 aromatic heterocycles. The minimum Gasteiger partial charge on any atom is -0.316 e. The molecule has 0 aromatic carbocycles.